The van der Waals surface area contributed by atoms with E-state index in [0.29, 0.717) is 10.7 Å². The van der Waals surface area contributed by atoms with Gasteiger partial charge in [-0.3, -0.25) is 9.59 Å². The minimum atomic E-state index is -0.433. The molecule has 0 saturated heterocycles. The fourth-order valence-electron chi connectivity index (χ4n) is 1.61. The standard InChI is InChI=1S/C15H14ClN3O2/c1-18(2)9-7-13(20)15-14(21)8-10-19(17-15)12-5-3-11(16)4-6-12/h3-10H,1-2H3/b9-7+. The fourth-order valence-corrected chi connectivity index (χ4v) is 1.74. The Morgan fingerprint density at radius 1 is 1.24 bits per heavy atom. The van der Waals surface area contributed by atoms with Crippen LogP contribution < -0.4 is 5.43 Å². The lowest BCUT2D eigenvalue weighted by atomic mass is 10.2. The van der Waals surface area contributed by atoms with E-state index in [1.807, 2.05) is 0 Å². The summed E-state index contributed by atoms with van der Waals surface area (Å²) in [6, 6.07) is 8.25. The Bertz CT molecular complexity index is 733. The van der Waals surface area contributed by atoms with Gasteiger partial charge in [-0.2, -0.15) is 5.10 Å². The molecule has 1 aromatic carbocycles. The molecule has 0 amide bonds. The molecular formula is C15H14ClN3O2. The quantitative estimate of drug-likeness (QED) is 0.641. The summed E-state index contributed by atoms with van der Waals surface area (Å²) in [5.41, 5.74) is 0.184. The first-order valence-corrected chi connectivity index (χ1v) is 6.60. The number of hydrogen-bond donors (Lipinski definition) is 0. The van der Waals surface area contributed by atoms with Crippen molar-refractivity contribution in [2.24, 2.45) is 0 Å². The van der Waals surface area contributed by atoms with Gasteiger partial charge in [0.15, 0.2) is 5.69 Å². The molecule has 0 saturated carbocycles. The van der Waals surface area contributed by atoms with Crippen molar-refractivity contribution < 1.29 is 4.79 Å². The summed E-state index contributed by atoms with van der Waals surface area (Å²) in [4.78, 5) is 25.5. The average molecular weight is 304 g/mol. The normalized spacial score (nSPS) is 10.8. The summed E-state index contributed by atoms with van der Waals surface area (Å²) < 4.78 is 1.47. The number of aromatic nitrogens is 2. The van der Waals surface area contributed by atoms with Crippen molar-refractivity contribution in [2.45, 2.75) is 0 Å². The third-order valence-corrected chi connectivity index (χ3v) is 2.91. The van der Waals surface area contributed by atoms with E-state index in [1.165, 1.54) is 23.0 Å². The van der Waals surface area contributed by atoms with Crippen molar-refractivity contribution in [3.05, 3.63) is 69.7 Å². The molecule has 0 aliphatic rings. The summed E-state index contributed by atoms with van der Waals surface area (Å²) in [5.74, 6) is -0.433. The lowest BCUT2D eigenvalue weighted by molar-refractivity contribution is 0.103. The lowest BCUT2D eigenvalue weighted by Crippen LogP contribution is -2.20. The zero-order chi connectivity index (χ0) is 15.4. The Morgan fingerprint density at radius 2 is 1.90 bits per heavy atom. The molecule has 0 aliphatic carbocycles. The summed E-state index contributed by atoms with van der Waals surface area (Å²) >= 11 is 5.83. The van der Waals surface area contributed by atoms with Gasteiger partial charge in [-0.25, -0.2) is 4.68 Å². The number of rotatable bonds is 4. The summed E-state index contributed by atoms with van der Waals surface area (Å²) in [6.45, 7) is 0. The Balaban J connectivity index is 2.40. The maximum absolute atomic E-state index is 12.0. The Kier molecular flexibility index (Phi) is 4.55. The van der Waals surface area contributed by atoms with E-state index in [-0.39, 0.29) is 5.69 Å². The zero-order valence-electron chi connectivity index (χ0n) is 11.7. The molecule has 108 valence electrons. The first kappa shape index (κ1) is 15.0. The first-order chi connectivity index (χ1) is 9.97. The van der Waals surface area contributed by atoms with Gasteiger partial charge in [-0.05, 0) is 24.3 Å². The summed E-state index contributed by atoms with van der Waals surface area (Å²) in [7, 11) is 3.57. The number of allylic oxidation sites excluding steroid dienone is 1. The van der Waals surface area contributed by atoms with Crippen molar-refractivity contribution in [1.29, 1.82) is 0 Å². The molecule has 0 fully saturated rings. The maximum atomic E-state index is 12.0. The number of halogens is 1. The van der Waals surface area contributed by atoms with Crippen molar-refractivity contribution in [1.82, 2.24) is 14.7 Å². The van der Waals surface area contributed by atoms with Crippen LogP contribution in [0.15, 0.2) is 53.6 Å². The number of ketones is 1. The van der Waals surface area contributed by atoms with Crippen LogP contribution in [0.25, 0.3) is 5.69 Å². The highest BCUT2D eigenvalue weighted by atomic mass is 35.5. The third-order valence-electron chi connectivity index (χ3n) is 2.66. The monoisotopic (exact) mass is 303 g/mol. The molecule has 2 aromatic rings. The average Bonchev–Trinajstić information content (AvgIpc) is 2.46. The molecular weight excluding hydrogens is 290 g/mol. The number of carbonyl (C=O) groups is 1. The van der Waals surface area contributed by atoms with Crippen LogP contribution in [0.2, 0.25) is 5.02 Å². The first-order valence-electron chi connectivity index (χ1n) is 6.22. The molecule has 0 unspecified atom stereocenters. The van der Waals surface area contributed by atoms with Gasteiger partial charge >= 0.3 is 0 Å². The minimum absolute atomic E-state index is 0.120. The molecule has 1 aromatic heterocycles. The lowest BCUT2D eigenvalue weighted by Gasteiger charge is -2.06. The molecule has 0 spiro atoms. The Hall–Kier alpha value is -2.40. The molecule has 2 rings (SSSR count). The summed E-state index contributed by atoms with van der Waals surface area (Å²) in [5, 5.41) is 4.69. The molecule has 5 nitrogen and oxygen atoms in total. The van der Waals surface area contributed by atoms with Gasteiger partial charge < -0.3 is 4.90 Å². The second-order valence-corrected chi connectivity index (χ2v) is 5.03. The summed E-state index contributed by atoms with van der Waals surface area (Å²) in [6.07, 6.45) is 4.40. The second-order valence-electron chi connectivity index (χ2n) is 4.59. The van der Waals surface area contributed by atoms with Crippen LogP contribution in [0.5, 0.6) is 0 Å². The Labute approximate surface area is 127 Å². The number of hydrogen-bond acceptors (Lipinski definition) is 4. The predicted molar refractivity (Wildman–Crippen MR) is 82.0 cm³/mol. The van der Waals surface area contributed by atoms with Crippen LogP contribution in [0.4, 0.5) is 0 Å². The van der Waals surface area contributed by atoms with Crippen molar-refractivity contribution in [3.8, 4) is 5.69 Å². The van der Waals surface area contributed by atoms with Crippen LogP contribution in [-0.2, 0) is 0 Å². The van der Waals surface area contributed by atoms with E-state index in [2.05, 4.69) is 5.10 Å². The molecule has 0 atom stereocenters. The van der Waals surface area contributed by atoms with Gasteiger partial charge in [-0.1, -0.05) is 11.6 Å². The zero-order valence-corrected chi connectivity index (χ0v) is 12.4. The molecule has 0 N–H and O–H groups in total. The highest BCUT2D eigenvalue weighted by molar-refractivity contribution is 6.30. The van der Waals surface area contributed by atoms with Crippen molar-refractivity contribution in [3.63, 3.8) is 0 Å². The number of nitrogens with zero attached hydrogens (tertiary/aromatic N) is 3. The molecule has 0 bridgehead atoms. The SMILES string of the molecule is CN(C)/C=C/C(=O)c1nn(-c2ccc(Cl)cc2)ccc1=O. The van der Waals surface area contributed by atoms with E-state index < -0.39 is 11.2 Å². The number of benzene rings is 1. The second kappa shape index (κ2) is 6.37. The minimum Gasteiger partial charge on any atom is -0.383 e. The van der Waals surface area contributed by atoms with Gasteiger partial charge in [0.05, 0.1) is 5.69 Å². The molecule has 6 heteroatoms. The van der Waals surface area contributed by atoms with Crippen LogP contribution in [0, 0.1) is 0 Å². The van der Waals surface area contributed by atoms with E-state index in [9.17, 15) is 9.59 Å². The third kappa shape index (κ3) is 3.79. The molecule has 0 aliphatic heterocycles. The van der Waals surface area contributed by atoms with E-state index in [1.54, 1.807) is 49.5 Å². The Morgan fingerprint density at radius 3 is 2.52 bits per heavy atom. The maximum Gasteiger partial charge on any atom is 0.211 e. The van der Waals surface area contributed by atoms with Gasteiger partial charge in [-0.15, -0.1) is 0 Å². The van der Waals surface area contributed by atoms with Crippen LogP contribution >= 0.6 is 11.6 Å². The molecule has 1 heterocycles. The van der Waals surface area contributed by atoms with E-state index in [0.717, 1.165) is 0 Å². The highest BCUT2D eigenvalue weighted by Gasteiger charge is 2.10. The van der Waals surface area contributed by atoms with Crippen LogP contribution in [0.1, 0.15) is 10.5 Å². The van der Waals surface area contributed by atoms with E-state index >= 15 is 0 Å². The highest BCUT2D eigenvalue weighted by Crippen LogP contribution is 2.12. The molecule has 21 heavy (non-hydrogen) atoms. The fraction of sp³-hybridized carbons (Fsp3) is 0.133. The topological polar surface area (TPSA) is 55.2 Å². The predicted octanol–water partition coefficient (Wildman–Crippen LogP) is 2.14. The van der Waals surface area contributed by atoms with Crippen LogP contribution in [0.3, 0.4) is 0 Å². The molecule has 0 radical (unpaired) electrons. The van der Waals surface area contributed by atoms with Gasteiger partial charge in [0, 0.05) is 43.7 Å². The number of carbonyl (C=O) groups excluding carboxylic acids is 1. The van der Waals surface area contributed by atoms with Gasteiger partial charge in [0.25, 0.3) is 0 Å². The van der Waals surface area contributed by atoms with Gasteiger partial charge in [0.1, 0.15) is 0 Å². The van der Waals surface area contributed by atoms with Crippen LogP contribution in [-0.4, -0.2) is 34.6 Å². The largest absolute Gasteiger partial charge is 0.383 e. The van der Waals surface area contributed by atoms with Crippen molar-refractivity contribution in [2.75, 3.05) is 14.1 Å². The van der Waals surface area contributed by atoms with Gasteiger partial charge in [0.2, 0.25) is 11.2 Å². The van der Waals surface area contributed by atoms with E-state index in [4.69, 9.17) is 11.6 Å². The smallest absolute Gasteiger partial charge is 0.211 e. The van der Waals surface area contributed by atoms with Crippen molar-refractivity contribution >= 4 is 17.4 Å².